The molecular formula is C17H16N4OS. The number of rotatable bonds is 6. The van der Waals surface area contributed by atoms with Crippen molar-refractivity contribution in [3.05, 3.63) is 60.0 Å². The van der Waals surface area contributed by atoms with Crippen LogP contribution in [0, 0.1) is 0 Å². The largest absolute Gasteiger partial charge is 0.488 e. The van der Waals surface area contributed by atoms with E-state index in [4.69, 9.17) is 4.74 Å². The molecule has 0 aliphatic rings. The minimum absolute atomic E-state index is 0.428. The highest BCUT2D eigenvalue weighted by atomic mass is 32.1. The van der Waals surface area contributed by atoms with E-state index in [1.165, 1.54) is 11.5 Å². The van der Waals surface area contributed by atoms with Crippen LogP contribution in [0.15, 0.2) is 65.1 Å². The molecular weight excluding hydrogens is 308 g/mol. The van der Waals surface area contributed by atoms with Gasteiger partial charge in [0.2, 0.25) is 0 Å². The summed E-state index contributed by atoms with van der Waals surface area (Å²) < 4.78 is 9.59. The summed E-state index contributed by atoms with van der Waals surface area (Å²) in [5, 5.41) is 10.3. The molecule has 0 unspecified atom stereocenters. The lowest BCUT2D eigenvalue weighted by Gasteiger charge is -2.07. The Kier molecular flexibility index (Phi) is 4.95. The van der Waals surface area contributed by atoms with Crippen LogP contribution in [-0.2, 0) is 0 Å². The van der Waals surface area contributed by atoms with Gasteiger partial charge in [-0.1, -0.05) is 22.7 Å². The van der Waals surface area contributed by atoms with Gasteiger partial charge in [0.05, 0.1) is 11.4 Å². The maximum Gasteiger partial charge on any atom is 0.128 e. The molecule has 0 atom stereocenters. The molecule has 0 aliphatic carbocycles. The first-order valence-corrected chi connectivity index (χ1v) is 7.99. The summed E-state index contributed by atoms with van der Waals surface area (Å²) >= 11 is 1.34. The highest BCUT2D eigenvalue weighted by Gasteiger charge is 2.02. The van der Waals surface area contributed by atoms with Crippen LogP contribution in [0.25, 0.3) is 11.3 Å². The molecule has 0 fully saturated rings. The van der Waals surface area contributed by atoms with Gasteiger partial charge in [0, 0.05) is 10.9 Å². The number of para-hydroxylation sites is 1. The maximum absolute atomic E-state index is 5.72. The van der Waals surface area contributed by atoms with Crippen molar-refractivity contribution in [1.29, 1.82) is 0 Å². The fraction of sp³-hybridized carbons (Fsp3) is 0.118. The summed E-state index contributed by atoms with van der Waals surface area (Å²) in [5.74, 6) is 0.797. The van der Waals surface area contributed by atoms with Crippen LogP contribution in [0.3, 0.4) is 0 Å². The molecule has 0 spiro atoms. The van der Waals surface area contributed by atoms with Crippen LogP contribution in [0.1, 0.15) is 6.92 Å². The minimum Gasteiger partial charge on any atom is -0.488 e. The highest BCUT2D eigenvalue weighted by molar-refractivity contribution is 7.03. The fourth-order valence-corrected chi connectivity index (χ4v) is 2.37. The van der Waals surface area contributed by atoms with Crippen molar-refractivity contribution in [2.45, 2.75) is 6.92 Å². The van der Waals surface area contributed by atoms with Gasteiger partial charge in [-0.15, -0.1) is 5.10 Å². The molecule has 5 nitrogen and oxygen atoms in total. The number of ether oxygens (including phenoxy) is 1. The molecule has 1 N–H and O–H groups in total. The molecule has 2 aromatic carbocycles. The summed E-state index contributed by atoms with van der Waals surface area (Å²) in [5.41, 5.74) is 6.73. The summed E-state index contributed by atoms with van der Waals surface area (Å²) in [6.07, 6.45) is 0. The summed E-state index contributed by atoms with van der Waals surface area (Å²) in [6.45, 7) is 2.35. The Balaban J connectivity index is 1.53. The third-order valence-electron chi connectivity index (χ3n) is 3.11. The second-order valence-corrected chi connectivity index (χ2v) is 5.54. The van der Waals surface area contributed by atoms with E-state index in [-0.39, 0.29) is 0 Å². The first-order valence-electron chi connectivity index (χ1n) is 7.16. The Morgan fingerprint density at radius 2 is 1.91 bits per heavy atom. The van der Waals surface area contributed by atoms with E-state index in [1.807, 2.05) is 66.9 Å². The monoisotopic (exact) mass is 324 g/mol. The average molecular weight is 324 g/mol. The van der Waals surface area contributed by atoms with E-state index in [9.17, 15) is 0 Å². The van der Waals surface area contributed by atoms with E-state index >= 15 is 0 Å². The van der Waals surface area contributed by atoms with Crippen molar-refractivity contribution < 1.29 is 4.74 Å². The molecule has 0 aliphatic heterocycles. The van der Waals surface area contributed by atoms with Gasteiger partial charge in [-0.2, -0.15) is 5.10 Å². The molecule has 6 heteroatoms. The van der Waals surface area contributed by atoms with Gasteiger partial charge in [0.15, 0.2) is 0 Å². The van der Waals surface area contributed by atoms with Gasteiger partial charge in [0.25, 0.3) is 0 Å². The number of hydrazone groups is 1. The molecule has 116 valence electrons. The third-order valence-corrected chi connectivity index (χ3v) is 3.61. The smallest absolute Gasteiger partial charge is 0.128 e. The van der Waals surface area contributed by atoms with Crippen LogP contribution >= 0.6 is 11.5 Å². The molecule has 0 saturated heterocycles. The second-order valence-electron chi connectivity index (χ2n) is 4.93. The lowest BCUT2D eigenvalue weighted by molar-refractivity contribution is 0.376. The molecule has 0 bridgehead atoms. The topological polar surface area (TPSA) is 59.4 Å². The van der Waals surface area contributed by atoms with Crippen molar-refractivity contribution in [2.75, 3.05) is 12.0 Å². The van der Waals surface area contributed by atoms with Gasteiger partial charge in [0.1, 0.15) is 18.1 Å². The molecule has 3 aromatic rings. The minimum atomic E-state index is 0.428. The Labute approximate surface area is 138 Å². The zero-order valence-electron chi connectivity index (χ0n) is 12.6. The molecule has 1 aromatic heterocycles. The number of nitrogens with one attached hydrogen (secondary N) is 1. The number of nitrogens with zero attached hydrogens (tertiary/aromatic N) is 3. The fourth-order valence-electron chi connectivity index (χ4n) is 1.91. The van der Waals surface area contributed by atoms with Gasteiger partial charge in [-0.25, -0.2) is 0 Å². The summed E-state index contributed by atoms with van der Waals surface area (Å²) in [6, 6.07) is 17.6. The number of anilines is 1. The predicted octanol–water partition coefficient (Wildman–Crippen LogP) is 4.07. The van der Waals surface area contributed by atoms with Crippen LogP contribution < -0.4 is 10.2 Å². The van der Waals surface area contributed by atoms with Crippen LogP contribution in [0.5, 0.6) is 5.75 Å². The Hall–Kier alpha value is -2.73. The van der Waals surface area contributed by atoms with E-state index in [2.05, 4.69) is 20.1 Å². The van der Waals surface area contributed by atoms with Gasteiger partial charge in [-0.3, -0.25) is 5.43 Å². The number of hydrogen-bond donors (Lipinski definition) is 1. The second kappa shape index (κ2) is 7.51. The SMILES string of the molecule is CC(COc1ccc(-c2csnn2)cc1)=NNc1ccccc1. The van der Waals surface area contributed by atoms with Crippen molar-refractivity contribution in [1.82, 2.24) is 9.59 Å². The van der Waals surface area contributed by atoms with Crippen LogP contribution in [0.2, 0.25) is 0 Å². The Bertz CT molecular complexity index is 755. The first kappa shape index (κ1) is 15.2. The molecule has 3 rings (SSSR count). The lowest BCUT2D eigenvalue weighted by Crippen LogP contribution is -2.09. The predicted molar refractivity (Wildman–Crippen MR) is 94.0 cm³/mol. The standard InChI is InChI=1S/C17H16N4OS/c1-13(18-19-15-5-3-2-4-6-15)11-22-16-9-7-14(8-10-16)17-12-23-21-20-17/h2-10,12,19H,11H2,1H3. The number of benzene rings is 2. The summed E-state index contributed by atoms with van der Waals surface area (Å²) in [7, 11) is 0. The lowest BCUT2D eigenvalue weighted by atomic mass is 10.2. The number of hydrogen-bond acceptors (Lipinski definition) is 6. The van der Waals surface area contributed by atoms with E-state index in [0.717, 1.165) is 28.4 Å². The number of aromatic nitrogens is 2. The summed E-state index contributed by atoms with van der Waals surface area (Å²) in [4.78, 5) is 0. The average Bonchev–Trinajstić information content (AvgIpc) is 3.14. The van der Waals surface area contributed by atoms with Crippen molar-refractivity contribution >= 4 is 22.9 Å². The zero-order valence-corrected chi connectivity index (χ0v) is 13.5. The maximum atomic E-state index is 5.72. The Morgan fingerprint density at radius 3 is 2.61 bits per heavy atom. The van der Waals surface area contributed by atoms with Crippen molar-refractivity contribution in [3.63, 3.8) is 0 Å². The van der Waals surface area contributed by atoms with Crippen LogP contribution in [-0.4, -0.2) is 21.9 Å². The van der Waals surface area contributed by atoms with E-state index < -0.39 is 0 Å². The Morgan fingerprint density at radius 1 is 1.13 bits per heavy atom. The zero-order chi connectivity index (χ0) is 15.9. The van der Waals surface area contributed by atoms with E-state index in [1.54, 1.807) is 0 Å². The van der Waals surface area contributed by atoms with Gasteiger partial charge >= 0.3 is 0 Å². The quantitative estimate of drug-likeness (QED) is 0.548. The first-order chi connectivity index (χ1) is 11.3. The molecule has 23 heavy (non-hydrogen) atoms. The van der Waals surface area contributed by atoms with Gasteiger partial charge < -0.3 is 4.74 Å². The third kappa shape index (κ3) is 4.37. The van der Waals surface area contributed by atoms with Crippen LogP contribution in [0.4, 0.5) is 5.69 Å². The van der Waals surface area contributed by atoms with Crippen molar-refractivity contribution in [2.24, 2.45) is 5.10 Å². The molecule has 0 saturated carbocycles. The van der Waals surface area contributed by atoms with Crippen molar-refractivity contribution in [3.8, 4) is 17.0 Å². The molecule has 0 radical (unpaired) electrons. The van der Waals surface area contributed by atoms with E-state index in [0.29, 0.717) is 6.61 Å². The highest BCUT2D eigenvalue weighted by Crippen LogP contribution is 2.21. The van der Waals surface area contributed by atoms with Gasteiger partial charge in [-0.05, 0) is 54.9 Å². The normalized spacial score (nSPS) is 11.3. The molecule has 1 heterocycles. The molecule has 0 amide bonds.